The highest BCUT2D eigenvalue weighted by Gasteiger charge is 2.14. The summed E-state index contributed by atoms with van der Waals surface area (Å²) >= 11 is 5.60. The quantitative estimate of drug-likeness (QED) is 0.774. The first-order chi connectivity index (χ1) is 13.0. The molecule has 3 rings (SSSR count). The number of hydrogen-bond acceptors (Lipinski definition) is 3. The third kappa shape index (κ3) is 5.54. The second-order valence-corrected chi connectivity index (χ2v) is 7.48. The molecule has 1 N–H and O–H groups in total. The molecule has 5 heteroatoms. The van der Waals surface area contributed by atoms with E-state index in [9.17, 15) is 4.79 Å². The Morgan fingerprint density at radius 3 is 2.30 bits per heavy atom. The van der Waals surface area contributed by atoms with Gasteiger partial charge in [-0.25, -0.2) is 0 Å². The molecule has 2 aromatic carbocycles. The van der Waals surface area contributed by atoms with Crippen molar-refractivity contribution in [2.24, 2.45) is 0 Å². The van der Waals surface area contributed by atoms with Crippen LogP contribution in [0.25, 0.3) is 0 Å². The molecule has 1 saturated heterocycles. The summed E-state index contributed by atoms with van der Waals surface area (Å²) in [6, 6.07) is 13.6. The lowest BCUT2D eigenvalue weighted by Gasteiger charge is -2.29. The van der Waals surface area contributed by atoms with Crippen LogP contribution >= 0.6 is 12.2 Å². The number of ether oxygens (including phenoxy) is 1. The van der Waals surface area contributed by atoms with Gasteiger partial charge in [-0.1, -0.05) is 18.3 Å². The minimum atomic E-state index is -0.173. The summed E-state index contributed by atoms with van der Waals surface area (Å²) in [5.41, 5.74) is 4.06. The third-order valence-corrected chi connectivity index (χ3v) is 5.11. The monoisotopic (exact) mass is 382 g/mol. The van der Waals surface area contributed by atoms with Crippen molar-refractivity contribution in [2.45, 2.75) is 33.1 Å². The maximum Gasteiger partial charge on any atom is 0.262 e. The molecule has 1 heterocycles. The van der Waals surface area contributed by atoms with Crippen molar-refractivity contribution in [3.05, 3.63) is 59.2 Å². The highest BCUT2D eigenvalue weighted by molar-refractivity contribution is 7.80. The molecule has 1 aliphatic heterocycles. The first-order valence-corrected chi connectivity index (χ1v) is 9.82. The number of aryl methyl sites for hydroxylation is 2. The van der Waals surface area contributed by atoms with Crippen molar-refractivity contribution in [3.8, 4) is 5.75 Å². The fourth-order valence-electron chi connectivity index (χ4n) is 3.37. The van der Waals surface area contributed by atoms with E-state index in [1.807, 2.05) is 50.2 Å². The number of carbonyl (C=O) groups is 1. The zero-order valence-electron chi connectivity index (χ0n) is 16.0. The Kier molecular flexibility index (Phi) is 6.45. The summed E-state index contributed by atoms with van der Waals surface area (Å²) in [6.07, 6.45) is 3.70. The highest BCUT2D eigenvalue weighted by atomic mass is 32.1. The van der Waals surface area contributed by atoms with Crippen molar-refractivity contribution >= 4 is 28.8 Å². The molecule has 1 fully saturated rings. The first kappa shape index (κ1) is 19.4. The zero-order valence-corrected chi connectivity index (χ0v) is 16.8. The molecule has 27 heavy (non-hydrogen) atoms. The molecule has 0 bridgehead atoms. The van der Waals surface area contributed by atoms with E-state index in [2.05, 4.69) is 16.3 Å². The average Bonchev–Trinajstić information content (AvgIpc) is 2.66. The summed E-state index contributed by atoms with van der Waals surface area (Å²) in [7, 11) is 0. The standard InChI is InChI=1S/C22H26N2O2S/c1-16-12-17(2)14-19(13-16)23-21(25)15-26-20-8-6-18(7-9-20)22(27)24-10-4-3-5-11-24/h6-9,12-14H,3-5,10-11,15H2,1-2H3,(H,23,25). The molecule has 0 saturated carbocycles. The molecule has 4 nitrogen and oxygen atoms in total. The largest absolute Gasteiger partial charge is 0.484 e. The number of likely N-dealkylation sites (tertiary alicyclic amines) is 1. The topological polar surface area (TPSA) is 41.6 Å². The minimum Gasteiger partial charge on any atom is -0.484 e. The van der Waals surface area contributed by atoms with E-state index in [-0.39, 0.29) is 12.5 Å². The fourth-order valence-corrected chi connectivity index (χ4v) is 3.68. The van der Waals surface area contributed by atoms with Crippen LogP contribution in [-0.2, 0) is 4.79 Å². The van der Waals surface area contributed by atoms with Gasteiger partial charge in [0.25, 0.3) is 5.91 Å². The maximum atomic E-state index is 12.1. The van der Waals surface area contributed by atoms with Crippen LogP contribution in [0.5, 0.6) is 5.75 Å². The number of anilines is 1. The Morgan fingerprint density at radius 2 is 1.67 bits per heavy atom. The first-order valence-electron chi connectivity index (χ1n) is 9.41. The van der Waals surface area contributed by atoms with E-state index < -0.39 is 0 Å². The average molecular weight is 383 g/mol. The molecule has 0 atom stereocenters. The molecule has 0 aromatic heterocycles. The lowest BCUT2D eigenvalue weighted by Crippen LogP contribution is -2.34. The second-order valence-electron chi connectivity index (χ2n) is 7.09. The van der Waals surface area contributed by atoms with Gasteiger partial charge in [-0.3, -0.25) is 4.79 Å². The van der Waals surface area contributed by atoms with Gasteiger partial charge in [0.05, 0.1) is 0 Å². The molecule has 0 aliphatic carbocycles. The number of rotatable bonds is 5. The van der Waals surface area contributed by atoms with Crippen LogP contribution < -0.4 is 10.1 Å². The van der Waals surface area contributed by atoms with Crippen molar-refractivity contribution in [1.82, 2.24) is 4.90 Å². The molecular weight excluding hydrogens is 356 g/mol. The molecule has 0 spiro atoms. The number of amides is 1. The normalized spacial score (nSPS) is 13.9. The number of thiocarbonyl (C=S) groups is 1. The van der Waals surface area contributed by atoms with Gasteiger partial charge in [0.15, 0.2) is 6.61 Å². The summed E-state index contributed by atoms with van der Waals surface area (Å²) < 4.78 is 5.61. The molecule has 0 radical (unpaired) electrons. The summed E-state index contributed by atoms with van der Waals surface area (Å²) in [4.78, 5) is 15.3. The number of benzene rings is 2. The van der Waals surface area contributed by atoms with Gasteiger partial charge in [0.1, 0.15) is 10.7 Å². The number of hydrogen-bond donors (Lipinski definition) is 1. The molecule has 1 aliphatic rings. The molecular formula is C22H26N2O2S. The van der Waals surface area contributed by atoms with Crippen molar-refractivity contribution in [1.29, 1.82) is 0 Å². The zero-order chi connectivity index (χ0) is 19.2. The Bertz CT molecular complexity index is 791. The van der Waals surface area contributed by atoms with E-state index in [1.165, 1.54) is 19.3 Å². The van der Waals surface area contributed by atoms with Crippen molar-refractivity contribution in [2.75, 3.05) is 25.0 Å². The van der Waals surface area contributed by atoms with Crippen LogP contribution in [0.3, 0.4) is 0 Å². The third-order valence-electron chi connectivity index (χ3n) is 4.62. The Labute approximate surface area is 166 Å². The number of piperidine rings is 1. The van der Waals surface area contributed by atoms with Crippen LogP contribution in [-0.4, -0.2) is 35.5 Å². The second kappa shape index (κ2) is 9.00. The van der Waals surface area contributed by atoms with E-state index in [4.69, 9.17) is 17.0 Å². The Morgan fingerprint density at radius 1 is 1.04 bits per heavy atom. The van der Waals surface area contributed by atoms with Crippen LogP contribution in [0.15, 0.2) is 42.5 Å². The Hall–Kier alpha value is -2.40. The fraction of sp³-hybridized carbons (Fsp3) is 0.364. The lowest BCUT2D eigenvalue weighted by atomic mass is 10.1. The highest BCUT2D eigenvalue weighted by Crippen LogP contribution is 2.18. The number of nitrogens with one attached hydrogen (secondary N) is 1. The summed E-state index contributed by atoms with van der Waals surface area (Å²) in [5, 5.41) is 2.88. The van der Waals surface area contributed by atoms with Gasteiger partial charge in [-0.2, -0.15) is 0 Å². The SMILES string of the molecule is Cc1cc(C)cc(NC(=O)COc2ccc(C(=S)N3CCCCC3)cc2)c1. The smallest absolute Gasteiger partial charge is 0.262 e. The van der Waals surface area contributed by atoms with E-state index in [1.54, 1.807) is 0 Å². The number of nitrogens with zero attached hydrogens (tertiary/aromatic N) is 1. The predicted octanol–water partition coefficient (Wildman–Crippen LogP) is 4.48. The van der Waals surface area contributed by atoms with Crippen LogP contribution in [0.4, 0.5) is 5.69 Å². The van der Waals surface area contributed by atoms with Crippen LogP contribution in [0, 0.1) is 13.8 Å². The molecule has 2 aromatic rings. The van der Waals surface area contributed by atoms with Gasteiger partial charge >= 0.3 is 0 Å². The maximum absolute atomic E-state index is 12.1. The van der Waals surface area contributed by atoms with Gasteiger partial charge in [0.2, 0.25) is 0 Å². The Balaban J connectivity index is 1.52. The van der Waals surface area contributed by atoms with Gasteiger partial charge < -0.3 is 15.0 Å². The van der Waals surface area contributed by atoms with E-state index in [0.717, 1.165) is 40.5 Å². The van der Waals surface area contributed by atoms with Gasteiger partial charge in [-0.15, -0.1) is 0 Å². The van der Waals surface area contributed by atoms with Gasteiger partial charge in [0, 0.05) is 24.3 Å². The van der Waals surface area contributed by atoms with Crippen LogP contribution in [0.2, 0.25) is 0 Å². The lowest BCUT2D eigenvalue weighted by molar-refractivity contribution is -0.118. The van der Waals surface area contributed by atoms with Crippen LogP contribution in [0.1, 0.15) is 36.0 Å². The summed E-state index contributed by atoms with van der Waals surface area (Å²) in [5.74, 6) is 0.490. The minimum absolute atomic E-state index is 0.0249. The molecule has 142 valence electrons. The molecule has 1 amide bonds. The van der Waals surface area contributed by atoms with E-state index >= 15 is 0 Å². The number of carbonyl (C=O) groups excluding carboxylic acids is 1. The van der Waals surface area contributed by atoms with E-state index in [0.29, 0.717) is 5.75 Å². The summed E-state index contributed by atoms with van der Waals surface area (Å²) in [6.45, 7) is 6.07. The van der Waals surface area contributed by atoms with Crippen molar-refractivity contribution < 1.29 is 9.53 Å². The van der Waals surface area contributed by atoms with Gasteiger partial charge in [-0.05, 0) is 80.6 Å². The predicted molar refractivity (Wildman–Crippen MR) is 114 cm³/mol. The molecule has 0 unspecified atom stereocenters. The van der Waals surface area contributed by atoms with Crippen molar-refractivity contribution in [3.63, 3.8) is 0 Å².